The number of carboxylic acids is 2. The van der Waals surface area contributed by atoms with E-state index in [0.29, 0.717) is 18.4 Å². The first-order valence-electron chi connectivity index (χ1n) is 4.76. The monoisotopic (exact) mass is 224 g/mol. The van der Waals surface area contributed by atoms with E-state index >= 15 is 0 Å². The minimum Gasteiger partial charge on any atom is -0.478 e. The minimum absolute atomic E-state index is 0.0536. The summed E-state index contributed by atoms with van der Waals surface area (Å²) in [5.41, 5.74) is 0.567. The Morgan fingerprint density at radius 3 is 2.31 bits per heavy atom. The summed E-state index contributed by atoms with van der Waals surface area (Å²) in [7, 11) is 0. The SMILES string of the molecule is O=C(O)c1ccc(C(=O)O)c(CCCO)c1. The van der Waals surface area contributed by atoms with Crippen LogP contribution >= 0.6 is 0 Å². The molecule has 0 amide bonds. The largest absolute Gasteiger partial charge is 0.478 e. The summed E-state index contributed by atoms with van der Waals surface area (Å²) in [6.45, 7) is -0.0592. The van der Waals surface area contributed by atoms with Gasteiger partial charge >= 0.3 is 11.9 Å². The number of hydrogen-bond acceptors (Lipinski definition) is 3. The van der Waals surface area contributed by atoms with Crippen LogP contribution in [0.3, 0.4) is 0 Å². The molecule has 1 aromatic carbocycles. The molecule has 0 saturated heterocycles. The molecular formula is C11H12O5. The number of aliphatic hydroxyl groups excluding tert-OH is 1. The van der Waals surface area contributed by atoms with Crippen molar-refractivity contribution in [1.29, 1.82) is 0 Å². The van der Waals surface area contributed by atoms with E-state index in [0.717, 1.165) is 0 Å². The summed E-state index contributed by atoms with van der Waals surface area (Å²) in [5.74, 6) is -2.19. The molecule has 5 heteroatoms. The van der Waals surface area contributed by atoms with Crippen LogP contribution in [0.4, 0.5) is 0 Å². The van der Waals surface area contributed by atoms with E-state index in [4.69, 9.17) is 15.3 Å². The Bertz CT molecular complexity index is 411. The standard InChI is InChI=1S/C11H12O5/c12-5-1-2-7-6-8(10(13)14)3-4-9(7)11(15)16/h3-4,6,12H,1-2,5H2,(H,13,14)(H,15,16). The van der Waals surface area contributed by atoms with E-state index in [1.807, 2.05) is 0 Å². The third-order valence-electron chi connectivity index (χ3n) is 2.19. The van der Waals surface area contributed by atoms with Gasteiger partial charge in [-0.1, -0.05) is 0 Å². The summed E-state index contributed by atoms with van der Waals surface area (Å²) in [6, 6.07) is 3.87. The number of aromatic carboxylic acids is 2. The van der Waals surface area contributed by atoms with Gasteiger partial charge in [0.1, 0.15) is 0 Å². The van der Waals surface area contributed by atoms with Crippen molar-refractivity contribution in [3.8, 4) is 0 Å². The Kier molecular flexibility index (Phi) is 4.02. The molecule has 0 fully saturated rings. The van der Waals surface area contributed by atoms with Crippen molar-refractivity contribution in [2.45, 2.75) is 12.8 Å². The zero-order valence-electron chi connectivity index (χ0n) is 8.51. The van der Waals surface area contributed by atoms with Crippen molar-refractivity contribution in [2.24, 2.45) is 0 Å². The first kappa shape index (κ1) is 12.2. The van der Waals surface area contributed by atoms with Crippen LogP contribution in [0.1, 0.15) is 32.7 Å². The van der Waals surface area contributed by atoms with Crippen LogP contribution in [0.5, 0.6) is 0 Å². The van der Waals surface area contributed by atoms with Gasteiger partial charge in [-0.05, 0) is 36.6 Å². The van der Waals surface area contributed by atoms with Crippen molar-refractivity contribution in [3.05, 3.63) is 34.9 Å². The molecule has 3 N–H and O–H groups in total. The van der Waals surface area contributed by atoms with Gasteiger partial charge < -0.3 is 15.3 Å². The normalized spacial score (nSPS) is 10.1. The van der Waals surface area contributed by atoms with Crippen LogP contribution < -0.4 is 0 Å². The molecule has 0 radical (unpaired) electrons. The Labute approximate surface area is 92.0 Å². The van der Waals surface area contributed by atoms with Crippen molar-refractivity contribution in [3.63, 3.8) is 0 Å². The van der Waals surface area contributed by atoms with Crippen molar-refractivity contribution in [1.82, 2.24) is 0 Å². The fraction of sp³-hybridized carbons (Fsp3) is 0.273. The number of carboxylic acid groups (broad SMARTS) is 2. The second kappa shape index (κ2) is 5.27. The lowest BCUT2D eigenvalue weighted by atomic mass is 10.00. The first-order valence-corrected chi connectivity index (χ1v) is 4.76. The van der Waals surface area contributed by atoms with Gasteiger partial charge in [0.25, 0.3) is 0 Å². The maximum atomic E-state index is 10.9. The summed E-state index contributed by atoms with van der Waals surface area (Å²) < 4.78 is 0. The van der Waals surface area contributed by atoms with Gasteiger partial charge in [0.15, 0.2) is 0 Å². The topological polar surface area (TPSA) is 94.8 Å². The highest BCUT2D eigenvalue weighted by atomic mass is 16.4. The van der Waals surface area contributed by atoms with E-state index in [2.05, 4.69) is 0 Å². The maximum absolute atomic E-state index is 10.9. The van der Waals surface area contributed by atoms with E-state index in [1.165, 1.54) is 18.2 Å². The van der Waals surface area contributed by atoms with Gasteiger partial charge in [0.2, 0.25) is 0 Å². The Balaban J connectivity index is 3.10. The molecular weight excluding hydrogens is 212 g/mol. The molecule has 0 atom stereocenters. The van der Waals surface area contributed by atoms with E-state index in [1.54, 1.807) is 0 Å². The van der Waals surface area contributed by atoms with E-state index < -0.39 is 11.9 Å². The molecule has 0 aliphatic rings. The molecule has 0 unspecified atom stereocenters. The number of aliphatic hydroxyl groups is 1. The van der Waals surface area contributed by atoms with Crippen LogP contribution in [-0.2, 0) is 6.42 Å². The lowest BCUT2D eigenvalue weighted by Gasteiger charge is -2.06. The highest BCUT2D eigenvalue weighted by Crippen LogP contribution is 2.14. The number of rotatable bonds is 5. The predicted octanol–water partition coefficient (Wildman–Crippen LogP) is 1.01. The molecule has 1 rings (SSSR count). The Morgan fingerprint density at radius 2 is 1.81 bits per heavy atom. The van der Waals surface area contributed by atoms with Crippen LogP contribution in [0.25, 0.3) is 0 Å². The number of carbonyl (C=O) groups is 2. The molecule has 16 heavy (non-hydrogen) atoms. The number of hydrogen-bond donors (Lipinski definition) is 3. The zero-order valence-corrected chi connectivity index (χ0v) is 8.51. The van der Waals surface area contributed by atoms with Crippen LogP contribution in [0.15, 0.2) is 18.2 Å². The summed E-state index contributed by atoms with van der Waals surface area (Å²) in [5, 5.41) is 26.3. The predicted molar refractivity (Wildman–Crippen MR) is 55.8 cm³/mol. The van der Waals surface area contributed by atoms with E-state index in [-0.39, 0.29) is 17.7 Å². The van der Waals surface area contributed by atoms with Gasteiger partial charge in [-0.3, -0.25) is 0 Å². The third-order valence-corrected chi connectivity index (χ3v) is 2.19. The molecule has 0 aromatic heterocycles. The van der Waals surface area contributed by atoms with Crippen molar-refractivity contribution < 1.29 is 24.9 Å². The fourth-order valence-electron chi connectivity index (χ4n) is 1.41. The molecule has 0 aliphatic carbocycles. The molecule has 5 nitrogen and oxygen atoms in total. The first-order chi connectivity index (χ1) is 7.56. The molecule has 1 aromatic rings. The smallest absolute Gasteiger partial charge is 0.335 e. The fourth-order valence-corrected chi connectivity index (χ4v) is 1.41. The second-order valence-corrected chi connectivity index (χ2v) is 3.31. The maximum Gasteiger partial charge on any atom is 0.335 e. The number of aryl methyl sites for hydroxylation is 1. The van der Waals surface area contributed by atoms with Gasteiger partial charge in [-0.25, -0.2) is 9.59 Å². The van der Waals surface area contributed by atoms with Gasteiger partial charge in [-0.15, -0.1) is 0 Å². The molecule has 0 aliphatic heterocycles. The van der Waals surface area contributed by atoms with Gasteiger partial charge in [-0.2, -0.15) is 0 Å². The Morgan fingerprint density at radius 1 is 1.12 bits per heavy atom. The summed E-state index contributed by atoms with van der Waals surface area (Å²) >= 11 is 0. The zero-order chi connectivity index (χ0) is 12.1. The highest BCUT2D eigenvalue weighted by molar-refractivity contribution is 5.93. The molecule has 0 saturated carbocycles. The third kappa shape index (κ3) is 2.80. The Hall–Kier alpha value is -1.88. The van der Waals surface area contributed by atoms with Gasteiger partial charge in [0.05, 0.1) is 11.1 Å². The highest BCUT2D eigenvalue weighted by Gasteiger charge is 2.12. The average Bonchev–Trinajstić information content (AvgIpc) is 2.25. The average molecular weight is 224 g/mol. The van der Waals surface area contributed by atoms with E-state index in [9.17, 15) is 9.59 Å². The van der Waals surface area contributed by atoms with Crippen molar-refractivity contribution >= 4 is 11.9 Å². The summed E-state index contributed by atoms with van der Waals surface area (Å²) in [6.07, 6.45) is 0.753. The molecule has 0 bridgehead atoms. The lowest BCUT2D eigenvalue weighted by Crippen LogP contribution is -2.06. The molecule has 86 valence electrons. The molecule has 0 spiro atoms. The quantitative estimate of drug-likeness (QED) is 0.693. The second-order valence-electron chi connectivity index (χ2n) is 3.31. The lowest BCUT2D eigenvalue weighted by molar-refractivity contribution is 0.0680. The van der Waals surface area contributed by atoms with Crippen LogP contribution in [-0.4, -0.2) is 33.9 Å². The van der Waals surface area contributed by atoms with Crippen molar-refractivity contribution in [2.75, 3.05) is 6.61 Å². The van der Waals surface area contributed by atoms with Crippen LogP contribution in [0, 0.1) is 0 Å². The number of benzene rings is 1. The molecule has 0 heterocycles. The summed E-state index contributed by atoms with van der Waals surface area (Å²) in [4.78, 5) is 21.6. The van der Waals surface area contributed by atoms with Gasteiger partial charge in [0, 0.05) is 6.61 Å². The van der Waals surface area contributed by atoms with Crippen LogP contribution in [0.2, 0.25) is 0 Å². The minimum atomic E-state index is -1.10.